The van der Waals surface area contributed by atoms with Gasteiger partial charge in [0.05, 0.1) is 6.54 Å². The van der Waals surface area contributed by atoms with E-state index < -0.39 is 0 Å². The van der Waals surface area contributed by atoms with E-state index in [1.807, 2.05) is 17.8 Å². The van der Waals surface area contributed by atoms with Gasteiger partial charge >= 0.3 is 0 Å². The third-order valence-corrected chi connectivity index (χ3v) is 4.05. The number of likely N-dealkylation sites (tertiary alicyclic amines) is 1. The van der Waals surface area contributed by atoms with Crippen molar-refractivity contribution in [2.75, 3.05) is 25.4 Å². The smallest absolute Gasteiger partial charge is 0.191 e. The van der Waals surface area contributed by atoms with Gasteiger partial charge in [-0.1, -0.05) is 18.2 Å². The van der Waals surface area contributed by atoms with Crippen LogP contribution >= 0.6 is 35.7 Å². The Bertz CT molecular complexity index is 378. The number of hydrogen-bond donors (Lipinski definition) is 1. The number of aliphatic imine (C=N–C) groups is 1. The molecule has 1 fully saturated rings. The Morgan fingerprint density at radius 3 is 2.53 bits per heavy atom. The van der Waals surface area contributed by atoms with Crippen LogP contribution in [0.25, 0.3) is 0 Å². The van der Waals surface area contributed by atoms with Crippen LogP contribution in [0.3, 0.4) is 0 Å². The molecule has 3 nitrogen and oxygen atoms in total. The maximum absolute atomic E-state index is 5.99. The van der Waals surface area contributed by atoms with E-state index in [-0.39, 0.29) is 24.0 Å². The number of rotatable bonds is 4. The summed E-state index contributed by atoms with van der Waals surface area (Å²) in [6.45, 7) is 2.93. The first-order valence-corrected chi connectivity index (χ1v) is 7.57. The zero-order valence-corrected chi connectivity index (χ0v) is 14.3. The van der Waals surface area contributed by atoms with Crippen LogP contribution in [0.1, 0.15) is 19.3 Å². The van der Waals surface area contributed by atoms with Crippen LogP contribution in [-0.2, 0) is 0 Å². The molecule has 2 rings (SSSR count). The average Bonchev–Trinajstić information content (AvgIpc) is 2.45. The minimum Gasteiger partial charge on any atom is -0.370 e. The molecular formula is C14H22IN3S. The van der Waals surface area contributed by atoms with Gasteiger partial charge in [-0.2, -0.15) is 0 Å². The second-order valence-electron chi connectivity index (χ2n) is 4.45. The summed E-state index contributed by atoms with van der Waals surface area (Å²) in [5.74, 6) is 1.71. The number of benzene rings is 1. The first-order chi connectivity index (χ1) is 8.86. The maximum Gasteiger partial charge on any atom is 0.191 e. The Morgan fingerprint density at radius 1 is 1.16 bits per heavy atom. The largest absolute Gasteiger partial charge is 0.370 e. The normalized spacial score (nSPS) is 16.0. The summed E-state index contributed by atoms with van der Waals surface area (Å²) >= 11 is 1.83. The van der Waals surface area contributed by atoms with Crippen molar-refractivity contribution in [3.63, 3.8) is 0 Å². The Kier molecular flexibility index (Phi) is 8.29. The fourth-order valence-electron chi connectivity index (χ4n) is 2.06. The Balaban J connectivity index is 0.00000180. The van der Waals surface area contributed by atoms with Gasteiger partial charge in [0.15, 0.2) is 5.96 Å². The van der Waals surface area contributed by atoms with Gasteiger partial charge in [0.25, 0.3) is 0 Å². The standard InChI is InChI=1S/C14H21N3S.HI/c15-14(17-10-5-2-6-11-17)16-9-12-18-13-7-3-1-4-8-13;/h1,3-4,7-8H,2,5-6,9-12H2,(H2,15,16);1H. The lowest BCUT2D eigenvalue weighted by atomic mass is 10.1. The molecule has 0 aliphatic carbocycles. The summed E-state index contributed by atoms with van der Waals surface area (Å²) in [4.78, 5) is 7.96. The van der Waals surface area contributed by atoms with Crippen molar-refractivity contribution in [3.05, 3.63) is 30.3 Å². The van der Waals surface area contributed by atoms with Crippen molar-refractivity contribution in [2.24, 2.45) is 10.7 Å². The minimum atomic E-state index is 0. The lowest BCUT2D eigenvalue weighted by molar-refractivity contribution is 0.338. The van der Waals surface area contributed by atoms with Crippen LogP contribution in [-0.4, -0.2) is 36.2 Å². The van der Waals surface area contributed by atoms with E-state index in [1.54, 1.807) is 0 Å². The topological polar surface area (TPSA) is 41.6 Å². The predicted octanol–water partition coefficient (Wildman–Crippen LogP) is 3.20. The van der Waals surface area contributed by atoms with E-state index in [0.29, 0.717) is 0 Å². The van der Waals surface area contributed by atoms with E-state index in [2.05, 4.69) is 34.2 Å². The lowest BCUT2D eigenvalue weighted by Crippen LogP contribution is -2.41. The van der Waals surface area contributed by atoms with E-state index in [1.165, 1.54) is 24.2 Å². The molecule has 0 amide bonds. The molecule has 1 aromatic rings. The molecule has 0 atom stereocenters. The van der Waals surface area contributed by atoms with Gasteiger partial charge in [0.1, 0.15) is 0 Å². The number of hydrogen-bond acceptors (Lipinski definition) is 2. The van der Waals surface area contributed by atoms with Gasteiger partial charge in [-0.25, -0.2) is 0 Å². The van der Waals surface area contributed by atoms with Crippen molar-refractivity contribution in [1.82, 2.24) is 4.90 Å². The molecule has 19 heavy (non-hydrogen) atoms. The quantitative estimate of drug-likeness (QED) is 0.282. The number of nitrogens with two attached hydrogens (primary N) is 1. The second kappa shape index (κ2) is 9.47. The highest BCUT2D eigenvalue weighted by Crippen LogP contribution is 2.16. The second-order valence-corrected chi connectivity index (χ2v) is 5.62. The number of halogens is 1. The monoisotopic (exact) mass is 391 g/mol. The zero-order valence-electron chi connectivity index (χ0n) is 11.1. The van der Waals surface area contributed by atoms with Crippen LogP contribution in [0.2, 0.25) is 0 Å². The summed E-state index contributed by atoms with van der Waals surface area (Å²) in [5, 5.41) is 0. The van der Waals surface area contributed by atoms with Gasteiger partial charge in [-0.15, -0.1) is 35.7 Å². The zero-order chi connectivity index (χ0) is 12.6. The van der Waals surface area contributed by atoms with Gasteiger partial charge in [-0.05, 0) is 31.4 Å². The predicted molar refractivity (Wildman–Crippen MR) is 94.5 cm³/mol. The highest BCUT2D eigenvalue weighted by molar-refractivity contribution is 14.0. The van der Waals surface area contributed by atoms with Crippen molar-refractivity contribution in [3.8, 4) is 0 Å². The summed E-state index contributed by atoms with van der Waals surface area (Å²) in [6.07, 6.45) is 3.82. The highest BCUT2D eigenvalue weighted by Gasteiger charge is 2.11. The van der Waals surface area contributed by atoms with E-state index in [4.69, 9.17) is 5.73 Å². The number of thioether (sulfide) groups is 1. The summed E-state index contributed by atoms with van der Waals surface area (Å²) in [6, 6.07) is 10.4. The molecule has 0 radical (unpaired) electrons. The number of guanidine groups is 1. The molecule has 0 unspecified atom stereocenters. The van der Waals surface area contributed by atoms with Crippen LogP contribution in [0.5, 0.6) is 0 Å². The first kappa shape index (κ1) is 16.6. The van der Waals surface area contributed by atoms with Gasteiger partial charge < -0.3 is 10.6 Å². The van der Waals surface area contributed by atoms with E-state index >= 15 is 0 Å². The molecular weight excluding hydrogens is 369 g/mol. The Hall–Kier alpha value is -0.430. The van der Waals surface area contributed by atoms with Crippen LogP contribution < -0.4 is 5.73 Å². The molecule has 0 spiro atoms. The Labute approximate surface area is 137 Å². The third-order valence-electron chi connectivity index (χ3n) is 3.06. The molecule has 106 valence electrons. The molecule has 1 saturated heterocycles. The van der Waals surface area contributed by atoms with Crippen LogP contribution in [0, 0.1) is 0 Å². The molecule has 1 heterocycles. The average molecular weight is 391 g/mol. The van der Waals surface area contributed by atoms with Gasteiger partial charge in [-0.3, -0.25) is 4.99 Å². The SMILES string of the molecule is I.NC(=NCCSc1ccccc1)N1CCCCC1. The van der Waals surface area contributed by atoms with Crippen LogP contribution in [0.4, 0.5) is 0 Å². The Morgan fingerprint density at radius 2 is 1.84 bits per heavy atom. The molecule has 0 aromatic heterocycles. The van der Waals surface area contributed by atoms with Crippen molar-refractivity contribution >= 4 is 41.7 Å². The van der Waals surface area contributed by atoms with Crippen molar-refractivity contribution < 1.29 is 0 Å². The molecule has 0 bridgehead atoms. The molecule has 2 N–H and O–H groups in total. The van der Waals surface area contributed by atoms with E-state index in [9.17, 15) is 0 Å². The van der Waals surface area contributed by atoms with Crippen LogP contribution in [0.15, 0.2) is 40.2 Å². The summed E-state index contributed by atoms with van der Waals surface area (Å²) < 4.78 is 0. The molecule has 1 aromatic carbocycles. The number of piperidine rings is 1. The fourth-order valence-corrected chi connectivity index (χ4v) is 2.83. The lowest BCUT2D eigenvalue weighted by Gasteiger charge is -2.27. The van der Waals surface area contributed by atoms with Gasteiger partial charge in [0, 0.05) is 23.7 Å². The fraction of sp³-hybridized carbons (Fsp3) is 0.500. The van der Waals surface area contributed by atoms with Gasteiger partial charge in [0.2, 0.25) is 0 Å². The third kappa shape index (κ3) is 6.03. The maximum atomic E-state index is 5.99. The summed E-state index contributed by atoms with van der Waals surface area (Å²) in [7, 11) is 0. The molecule has 1 aliphatic heterocycles. The number of nitrogens with zero attached hydrogens (tertiary/aromatic N) is 2. The van der Waals surface area contributed by atoms with Crippen molar-refractivity contribution in [1.29, 1.82) is 0 Å². The minimum absolute atomic E-state index is 0. The molecule has 1 aliphatic rings. The van der Waals surface area contributed by atoms with E-state index in [0.717, 1.165) is 31.3 Å². The van der Waals surface area contributed by atoms with Crippen molar-refractivity contribution in [2.45, 2.75) is 24.2 Å². The highest BCUT2D eigenvalue weighted by atomic mass is 127. The first-order valence-electron chi connectivity index (χ1n) is 6.59. The molecule has 0 saturated carbocycles. The summed E-state index contributed by atoms with van der Waals surface area (Å²) in [5.41, 5.74) is 5.99. The molecule has 5 heteroatoms.